The zero-order valence-corrected chi connectivity index (χ0v) is 16.2. The van der Waals surface area contributed by atoms with Gasteiger partial charge in [-0.25, -0.2) is 13.2 Å². The van der Waals surface area contributed by atoms with Crippen LogP contribution in [0, 0.1) is 24.0 Å². The molecule has 28 heavy (non-hydrogen) atoms. The molecule has 0 bridgehead atoms. The molecule has 2 saturated heterocycles. The average molecular weight is 401 g/mol. The van der Waals surface area contributed by atoms with Gasteiger partial charge in [0.1, 0.15) is 0 Å². The Morgan fingerprint density at radius 1 is 1.00 bits per heavy atom. The summed E-state index contributed by atoms with van der Waals surface area (Å²) < 4.78 is 24.7. The lowest BCUT2D eigenvalue weighted by atomic mass is 10.1. The maximum Gasteiger partial charge on any atom is 0.329 e. The fourth-order valence-electron chi connectivity index (χ4n) is 4.02. The number of non-ortho nitro benzene ring substituents is 1. The van der Waals surface area contributed by atoms with E-state index < -0.39 is 26.8 Å². The van der Waals surface area contributed by atoms with Crippen LogP contribution in [0.2, 0.25) is 0 Å². The molecule has 0 saturated carbocycles. The fourth-order valence-corrected chi connectivity index (χ4v) is 5.94. The van der Waals surface area contributed by atoms with Gasteiger partial charge in [0.2, 0.25) is 0 Å². The van der Waals surface area contributed by atoms with Crippen molar-refractivity contribution >= 4 is 32.9 Å². The first-order valence-electron chi connectivity index (χ1n) is 8.83. The normalized spacial score (nSPS) is 23.1. The molecule has 2 aliphatic heterocycles. The number of urea groups is 1. The van der Waals surface area contributed by atoms with Crippen LogP contribution in [0.3, 0.4) is 0 Å². The van der Waals surface area contributed by atoms with Gasteiger partial charge in [0.05, 0.1) is 28.5 Å². The monoisotopic (exact) mass is 401 g/mol. The Morgan fingerprint density at radius 2 is 1.61 bits per heavy atom. The van der Waals surface area contributed by atoms with Crippen LogP contribution >= 0.6 is 0 Å². The molecule has 0 N–H and O–H groups in total. The van der Waals surface area contributed by atoms with E-state index in [0.29, 0.717) is 11.4 Å². The first-order chi connectivity index (χ1) is 13.2. The molecule has 2 heterocycles. The number of fused-ring (bicyclic) bond motifs is 1. The Kier molecular flexibility index (Phi) is 4.15. The SMILES string of the molecule is Cc1cccc(N2C(=O)N(c3ccc([N+](=O)[O-])cc3)[C@H]3CS(=O)(=O)C[C@H]32)c1C. The molecule has 2 aliphatic rings. The summed E-state index contributed by atoms with van der Waals surface area (Å²) in [6.07, 6.45) is 0. The van der Waals surface area contributed by atoms with Gasteiger partial charge >= 0.3 is 6.03 Å². The van der Waals surface area contributed by atoms with Crippen LogP contribution in [-0.2, 0) is 9.84 Å². The number of carbonyl (C=O) groups excluding carboxylic acids is 1. The van der Waals surface area contributed by atoms with E-state index in [9.17, 15) is 23.3 Å². The largest absolute Gasteiger partial charge is 0.329 e. The maximum atomic E-state index is 13.3. The van der Waals surface area contributed by atoms with Crippen LogP contribution in [0.25, 0.3) is 0 Å². The molecule has 0 aromatic heterocycles. The summed E-state index contributed by atoms with van der Waals surface area (Å²) in [4.78, 5) is 26.8. The van der Waals surface area contributed by atoms with E-state index in [1.54, 1.807) is 4.90 Å². The summed E-state index contributed by atoms with van der Waals surface area (Å²) in [5.74, 6) is -0.220. The van der Waals surface area contributed by atoms with E-state index >= 15 is 0 Å². The summed E-state index contributed by atoms with van der Waals surface area (Å²) >= 11 is 0. The van der Waals surface area contributed by atoms with Gasteiger partial charge in [0.25, 0.3) is 5.69 Å². The summed E-state index contributed by atoms with van der Waals surface area (Å²) in [5, 5.41) is 10.9. The van der Waals surface area contributed by atoms with Crippen molar-refractivity contribution in [2.45, 2.75) is 25.9 Å². The number of rotatable bonds is 3. The highest BCUT2D eigenvalue weighted by atomic mass is 32.2. The van der Waals surface area contributed by atoms with Gasteiger partial charge in [-0.3, -0.25) is 19.9 Å². The molecule has 2 atom stereocenters. The Hall–Kier alpha value is -2.94. The highest BCUT2D eigenvalue weighted by Gasteiger charge is 2.54. The first-order valence-corrected chi connectivity index (χ1v) is 10.7. The van der Waals surface area contributed by atoms with Gasteiger partial charge in [-0.05, 0) is 43.2 Å². The van der Waals surface area contributed by atoms with Crippen LogP contribution in [0.4, 0.5) is 21.9 Å². The number of nitro benzene ring substituents is 1. The number of benzene rings is 2. The topological polar surface area (TPSA) is 101 Å². The predicted octanol–water partition coefficient (Wildman–Crippen LogP) is 2.82. The third-order valence-corrected chi connectivity index (χ3v) is 7.24. The van der Waals surface area contributed by atoms with Crippen molar-refractivity contribution < 1.29 is 18.1 Å². The second kappa shape index (κ2) is 6.30. The second-order valence-corrected chi connectivity index (χ2v) is 9.38. The van der Waals surface area contributed by atoms with E-state index in [0.717, 1.165) is 11.1 Å². The van der Waals surface area contributed by atoms with E-state index in [1.807, 2.05) is 32.0 Å². The van der Waals surface area contributed by atoms with Gasteiger partial charge in [-0.1, -0.05) is 12.1 Å². The molecular weight excluding hydrogens is 382 g/mol. The second-order valence-electron chi connectivity index (χ2n) is 7.23. The third-order valence-electron chi connectivity index (χ3n) is 5.54. The average Bonchev–Trinajstić information content (AvgIpc) is 3.06. The van der Waals surface area contributed by atoms with Crippen molar-refractivity contribution in [3.05, 3.63) is 63.7 Å². The number of amides is 2. The number of nitro groups is 1. The number of nitrogens with zero attached hydrogens (tertiary/aromatic N) is 3. The third kappa shape index (κ3) is 2.82. The molecule has 0 aliphatic carbocycles. The molecule has 0 unspecified atom stereocenters. The number of hydrogen-bond donors (Lipinski definition) is 0. The number of carbonyl (C=O) groups is 1. The number of anilines is 2. The molecule has 8 nitrogen and oxygen atoms in total. The van der Waals surface area contributed by atoms with Crippen LogP contribution < -0.4 is 9.80 Å². The molecule has 146 valence electrons. The van der Waals surface area contributed by atoms with Gasteiger partial charge in [-0.15, -0.1) is 0 Å². The molecule has 4 rings (SSSR count). The molecule has 2 aromatic rings. The van der Waals surface area contributed by atoms with Crippen LogP contribution in [0.5, 0.6) is 0 Å². The van der Waals surface area contributed by atoms with E-state index in [1.165, 1.54) is 29.2 Å². The van der Waals surface area contributed by atoms with Crippen molar-refractivity contribution in [2.24, 2.45) is 0 Å². The van der Waals surface area contributed by atoms with E-state index in [4.69, 9.17) is 0 Å². The maximum absolute atomic E-state index is 13.3. The minimum Gasteiger partial charge on any atom is -0.288 e. The number of hydrogen-bond acceptors (Lipinski definition) is 5. The molecule has 0 radical (unpaired) electrons. The Morgan fingerprint density at radius 3 is 2.21 bits per heavy atom. The molecule has 2 amide bonds. The molecule has 2 fully saturated rings. The van der Waals surface area contributed by atoms with Gasteiger partial charge < -0.3 is 0 Å². The lowest BCUT2D eigenvalue weighted by molar-refractivity contribution is -0.384. The molecule has 2 aromatic carbocycles. The summed E-state index contributed by atoms with van der Waals surface area (Å²) in [5.41, 5.74) is 3.00. The van der Waals surface area contributed by atoms with Gasteiger partial charge in [0.15, 0.2) is 9.84 Å². The quantitative estimate of drug-likeness (QED) is 0.447. The zero-order chi connectivity index (χ0) is 20.2. The van der Waals surface area contributed by atoms with E-state index in [2.05, 4.69) is 0 Å². The lowest BCUT2D eigenvalue weighted by Gasteiger charge is -2.24. The van der Waals surface area contributed by atoms with Crippen molar-refractivity contribution in [3.8, 4) is 0 Å². The first kappa shape index (κ1) is 18.4. The van der Waals surface area contributed by atoms with Crippen molar-refractivity contribution in [1.29, 1.82) is 0 Å². The summed E-state index contributed by atoms with van der Waals surface area (Å²) in [6.45, 7) is 3.85. The van der Waals surface area contributed by atoms with Crippen LogP contribution in [-0.4, -0.2) is 43.0 Å². The summed E-state index contributed by atoms with van der Waals surface area (Å²) in [6, 6.07) is 9.90. The fraction of sp³-hybridized carbons (Fsp3) is 0.316. The number of aryl methyl sites for hydroxylation is 1. The highest BCUT2D eigenvalue weighted by Crippen LogP contribution is 2.39. The van der Waals surface area contributed by atoms with Crippen molar-refractivity contribution in [3.63, 3.8) is 0 Å². The Bertz CT molecular complexity index is 1080. The Labute approximate surface area is 162 Å². The Balaban J connectivity index is 1.81. The van der Waals surface area contributed by atoms with Crippen molar-refractivity contribution in [1.82, 2.24) is 0 Å². The highest BCUT2D eigenvalue weighted by molar-refractivity contribution is 7.91. The molecule has 9 heteroatoms. The van der Waals surface area contributed by atoms with Crippen molar-refractivity contribution in [2.75, 3.05) is 21.3 Å². The van der Waals surface area contributed by atoms with Crippen LogP contribution in [0.1, 0.15) is 11.1 Å². The minimum absolute atomic E-state index is 0.0858. The van der Waals surface area contributed by atoms with Gasteiger partial charge in [-0.2, -0.15) is 0 Å². The smallest absolute Gasteiger partial charge is 0.288 e. The lowest BCUT2D eigenvalue weighted by Crippen LogP contribution is -2.38. The van der Waals surface area contributed by atoms with E-state index in [-0.39, 0.29) is 23.2 Å². The van der Waals surface area contributed by atoms with Crippen LogP contribution in [0.15, 0.2) is 42.5 Å². The molecular formula is C19H19N3O5S. The standard InChI is InChI=1S/C19H19N3O5S/c1-12-4-3-5-16(13(12)2)21-18-11-28(26,27)10-17(18)20(19(21)23)14-6-8-15(9-7-14)22(24)25/h3-9,17-18H,10-11H2,1-2H3/t17-,18+/m0/s1. The zero-order valence-electron chi connectivity index (χ0n) is 15.4. The predicted molar refractivity (Wildman–Crippen MR) is 106 cm³/mol. The minimum atomic E-state index is -3.30. The molecule has 0 spiro atoms. The summed E-state index contributed by atoms with van der Waals surface area (Å²) in [7, 11) is -3.30. The number of sulfone groups is 1. The van der Waals surface area contributed by atoms with Gasteiger partial charge in [0, 0.05) is 23.5 Å².